The number of ether oxygens (including phenoxy) is 1. The van der Waals surface area contributed by atoms with E-state index in [1.54, 1.807) is 24.3 Å². The number of carbonyl (C=O) groups excluding carboxylic acids is 1. The summed E-state index contributed by atoms with van der Waals surface area (Å²) in [5.41, 5.74) is 1.76. The second kappa shape index (κ2) is 13.1. The number of nitrogens with one attached hydrogen (secondary N) is 2. The van der Waals surface area contributed by atoms with Gasteiger partial charge < -0.3 is 25.0 Å². The monoisotopic (exact) mass is 563 g/mol. The van der Waals surface area contributed by atoms with Gasteiger partial charge in [-0.1, -0.05) is 28.6 Å². The Morgan fingerprint density at radius 1 is 1.05 bits per heavy atom. The molecular formula is C24H24F3N7O4S. The maximum atomic E-state index is 12.4. The van der Waals surface area contributed by atoms with E-state index in [1.807, 2.05) is 0 Å². The topological polar surface area (TPSA) is 148 Å². The van der Waals surface area contributed by atoms with E-state index in [4.69, 9.17) is 4.52 Å². The molecule has 3 N–H and O–H groups in total. The second-order valence-corrected chi connectivity index (χ2v) is 9.46. The molecule has 1 aromatic carbocycles. The van der Waals surface area contributed by atoms with Crippen molar-refractivity contribution in [2.24, 2.45) is 0 Å². The molecule has 0 aliphatic carbocycles. The summed E-state index contributed by atoms with van der Waals surface area (Å²) in [7, 11) is 0. The fraction of sp³-hybridized carbons (Fsp3) is 0.333. The first kappa shape index (κ1) is 27.9. The third-order valence-corrected chi connectivity index (χ3v) is 6.11. The van der Waals surface area contributed by atoms with Gasteiger partial charge in [0.2, 0.25) is 11.0 Å². The molecule has 0 aliphatic heterocycles. The number of hydrogen-bond acceptors (Lipinski definition) is 11. The van der Waals surface area contributed by atoms with Crippen LogP contribution in [0.25, 0.3) is 0 Å². The van der Waals surface area contributed by atoms with Crippen molar-refractivity contribution in [3.05, 3.63) is 70.7 Å². The van der Waals surface area contributed by atoms with Gasteiger partial charge in [0.25, 0.3) is 0 Å². The summed E-state index contributed by atoms with van der Waals surface area (Å²) in [6.45, 7) is 0. The highest BCUT2D eigenvalue weighted by atomic mass is 32.1. The first-order valence-corrected chi connectivity index (χ1v) is 12.7. The van der Waals surface area contributed by atoms with Crippen molar-refractivity contribution in [1.29, 1.82) is 0 Å². The molecule has 0 fully saturated rings. The average Bonchev–Trinajstić information content (AvgIpc) is 3.54. The molecule has 0 saturated carbocycles. The molecule has 11 nitrogen and oxygen atoms in total. The molecule has 4 aromatic rings. The van der Waals surface area contributed by atoms with Crippen LogP contribution >= 0.6 is 11.3 Å². The molecule has 1 unspecified atom stereocenters. The number of hydrogen-bond donors (Lipinski definition) is 3. The number of aryl methyl sites for hydroxylation is 2. The lowest BCUT2D eigenvalue weighted by Crippen LogP contribution is -2.22. The number of aliphatic hydroxyl groups excluding tert-OH is 1. The number of nitrogens with zero attached hydrogens (tertiary/aromatic N) is 5. The fourth-order valence-corrected chi connectivity index (χ4v) is 4.33. The van der Waals surface area contributed by atoms with E-state index in [0.717, 1.165) is 23.5 Å². The van der Waals surface area contributed by atoms with Crippen LogP contribution in [0, 0.1) is 0 Å². The van der Waals surface area contributed by atoms with Crippen LogP contribution in [0.5, 0.6) is 5.75 Å². The minimum Gasteiger partial charge on any atom is -0.406 e. The van der Waals surface area contributed by atoms with Crippen LogP contribution in [-0.2, 0) is 30.5 Å². The van der Waals surface area contributed by atoms with Gasteiger partial charge in [-0.15, -0.1) is 28.5 Å². The van der Waals surface area contributed by atoms with Gasteiger partial charge in [0.15, 0.2) is 5.82 Å². The van der Waals surface area contributed by atoms with Gasteiger partial charge in [-0.3, -0.25) is 4.79 Å². The highest BCUT2D eigenvalue weighted by Crippen LogP contribution is 2.24. The van der Waals surface area contributed by atoms with E-state index in [9.17, 15) is 23.1 Å². The second-order valence-electron chi connectivity index (χ2n) is 8.39. The van der Waals surface area contributed by atoms with Crippen molar-refractivity contribution in [3.8, 4) is 5.75 Å². The first-order valence-electron chi connectivity index (χ1n) is 11.9. The maximum absolute atomic E-state index is 12.4. The molecule has 206 valence electrons. The Hall–Kier alpha value is -4.11. The quantitative estimate of drug-likeness (QED) is 0.161. The number of aliphatic hydroxyl groups is 1. The van der Waals surface area contributed by atoms with Gasteiger partial charge in [-0.25, -0.2) is 0 Å². The number of amides is 1. The Morgan fingerprint density at radius 2 is 1.90 bits per heavy atom. The van der Waals surface area contributed by atoms with Crippen LogP contribution in [-0.4, -0.2) is 49.2 Å². The Labute approximate surface area is 224 Å². The summed E-state index contributed by atoms with van der Waals surface area (Å²) in [6, 6.07) is 10.5. The van der Waals surface area contributed by atoms with Crippen molar-refractivity contribution in [3.63, 3.8) is 0 Å². The van der Waals surface area contributed by atoms with Crippen LogP contribution in [0.3, 0.4) is 0 Å². The molecule has 0 saturated heterocycles. The minimum atomic E-state index is -4.78. The lowest BCUT2D eigenvalue weighted by Gasteiger charge is -2.14. The van der Waals surface area contributed by atoms with Gasteiger partial charge in [-0.2, -0.15) is 5.10 Å². The van der Waals surface area contributed by atoms with Gasteiger partial charge in [0, 0.05) is 18.9 Å². The van der Waals surface area contributed by atoms with Crippen LogP contribution in [0.4, 0.5) is 24.1 Å². The highest BCUT2D eigenvalue weighted by molar-refractivity contribution is 7.15. The lowest BCUT2D eigenvalue weighted by atomic mass is 10.1. The largest absolute Gasteiger partial charge is 0.573 e. The molecule has 0 bridgehead atoms. The SMILES string of the molecule is O=C(Cc1ccon1)Nc1nnc(CCCCc2ccc(NC(O)Cc3cccc(OC(F)(F)F)c3)nn2)s1. The van der Waals surface area contributed by atoms with Crippen molar-refractivity contribution in [1.82, 2.24) is 25.6 Å². The van der Waals surface area contributed by atoms with Crippen LogP contribution in [0.15, 0.2) is 53.3 Å². The van der Waals surface area contributed by atoms with Gasteiger partial charge in [0.1, 0.15) is 23.2 Å². The number of rotatable bonds is 13. The van der Waals surface area contributed by atoms with Gasteiger partial charge in [-0.05, 0) is 49.1 Å². The Kier molecular flexibility index (Phi) is 9.38. The molecule has 4 rings (SSSR count). The smallest absolute Gasteiger partial charge is 0.406 e. The average molecular weight is 564 g/mol. The highest BCUT2D eigenvalue weighted by Gasteiger charge is 2.31. The standard InChI is InChI=1S/C24H24F3N7O4S/c25-24(26,27)38-18-6-3-4-15(12-18)13-20(35)28-19-9-8-16(30-31-19)5-1-2-7-22-32-33-23(39-22)29-21(36)14-17-10-11-37-34-17/h3-4,6,8-12,20,35H,1-2,5,7,13-14H2,(H,28,31)(H,29,33,36). The summed E-state index contributed by atoms with van der Waals surface area (Å²) in [4.78, 5) is 12.0. The Bertz CT molecular complexity index is 1330. The molecule has 0 radical (unpaired) electrons. The van der Waals surface area contributed by atoms with E-state index in [1.165, 1.54) is 35.8 Å². The van der Waals surface area contributed by atoms with Crippen LogP contribution in [0.2, 0.25) is 0 Å². The first-order chi connectivity index (χ1) is 18.7. The summed E-state index contributed by atoms with van der Waals surface area (Å²) in [5.74, 6) is -0.268. The van der Waals surface area contributed by atoms with E-state index in [0.29, 0.717) is 35.0 Å². The van der Waals surface area contributed by atoms with E-state index < -0.39 is 12.6 Å². The third kappa shape index (κ3) is 9.61. The Balaban J connectivity index is 1.15. The number of aromatic nitrogens is 5. The zero-order valence-corrected chi connectivity index (χ0v) is 21.2. The third-order valence-electron chi connectivity index (χ3n) is 5.22. The number of halogens is 3. The molecule has 15 heteroatoms. The predicted molar refractivity (Wildman–Crippen MR) is 134 cm³/mol. The normalized spacial score (nSPS) is 12.2. The molecule has 39 heavy (non-hydrogen) atoms. The van der Waals surface area contributed by atoms with Crippen molar-refractivity contribution >= 4 is 28.2 Å². The van der Waals surface area contributed by atoms with Crippen molar-refractivity contribution in [2.45, 2.75) is 51.1 Å². The number of anilines is 2. The van der Waals surface area contributed by atoms with Gasteiger partial charge >= 0.3 is 6.36 Å². The number of alkyl halides is 3. The molecule has 1 amide bonds. The minimum absolute atomic E-state index is 0.0388. The zero-order chi connectivity index (χ0) is 27.7. The lowest BCUT2D eigenvalue weighted by molar-refractivity contribution is -0.274. The van der Waals surface area contributed by atoms with Gasteiger partial charge in [0.05, 0.1) is 17.8 Å². The molecule has 0 aliphatic rings. The van der Waals surface area contributed by atoms with Crippen molar-refractivity contribution < 1.29 is 32.3 Å². The number of carbonyl (C=O) groups is 1. The number of benzene rings is 1. The van der Waals surface area contributed by atoms with Crippen LogP contribution in [0.1, 0.15) is 34.8 Å². The van der Waals surface area contributed by atoms with Crippen molar-refractivity contribution in [2.75, 3.05) is 10.6 Å². The van der Waals surface area contributed by atoms with E-state index in [-0.39, 0.29) is 24.5 Å². The maximum Gasteiger partial charge on any atom is 0.573 e. The van der Waals surface area contributed by atoms with Crippen LogP contribution < -0.4 is 15.4 Å². The summed E-state index contributed by atoms with van der Waals surface area (Å²) < 4.78 is 45.8. The molecule has 1 atom stereocenters. The number of unbranched alkanes of at least 4 members (excludes halogenated alkanes) is 1. The molecule has 3 heterocycles. The van der Waals surface area contributed by atoms with E-state index in [2.05, 4.69) is 40.9 Å². The fourth-order valence-electron chi connectivity index (χ4n) is 3.53. The summed E-state index contributed by atoms with van der Waals surface area (Å²) in [6.07, 6.45) is -1.30. The Morgan fingerprint density at radius 3 is 2.64 bits per heavy atom. The van der Waals surface area contributed by atoms with E-state index >= 15 is 0 Å². The molecule has 3 aromatic heterocycles. The predicted octanol–water partition coefficient (Wildman–Crippen LogP) is 3.93. The molecule has 0 spiro atoms. The molecular weight excluding hydrogens is 539 g/mol. The summed E-state index contributed by atoms with van der Waals surface area (Å²) >= 11 is 1.32. The summed E-state index contributed by atoms with van der Waals surface area (Å²) in [5, 5.41) is 37.0. The zero-order valence-electron chi connectivity index (χ0n) is 20.4.